The van der Waals surface area contributed by atoms with Gasteiger partial charge in [-0.05, 0) is 153 Å². The number of likely N-dealkylation sites (N-methyl/N-ethyl adjacent to an activating group) is 1. The first kappa shape index (κ1) is 60.2. The minimum Gasteiger partial charge on any atom is -0.347 e. The lowest BCUT2D eigenvalue weighted by atomic mass is 9.83. The maximum atomic E-state index is 15.0. The third kappa shape index (κ3) is 14.6. The van der Waals surface area contributed by atoms with Crippen LogP contribution in [0.3, 0.4) is 0 Å². The van der Waals surface area contributed by atoms with Gasteiger partial charge < -0.3 is 47.0 Å². The van der Waals surface area contributed by atoms with E-state index in [9.17, 15) is 33.6 Å². The summed E-state index contributed by atoms with van der Waals surface area (Å²) in [7, 11) is 3.47. The molecule has 0 aromatic heterocycles. The maximum absolute atomic E-state index is 15.0. The number of amides is 7. The summed E-state index contributed by atoms with van der Waals surface area (Å²) in [6.07, 6.45) is 7.42. The Morgan fingerprint density at radius 1 is 0.593 bits per heavy atom. The van der Waals surface area contributed by atoms with E-state index in [2.05, 4.69) is 73.6 Å². The topological polar surface area (TPSA) is 210 Å². The molecule has 81 heavy (non-hydrogen) atoms. The van der Waals surface area contributed by atoms with E-state index in [0.29, 0.717) is 24.8 Å². The number of hydrogen-bond donors (Lipinski definition) is 7. The van der Waals surface area contributed by atoms with E-state index in [1.807, 2.05) is 90.9 Å². The first-order chi connectivity index (χ1) is 38.5. The van der Waals surface area contributed by atoms with E-state index < -0.39 is 47.1 Å². The molecular weight excluding hydrogens is 1020 g/mol. The van der Waals surface area contributed by atoms with E-state index in [0.717, 1.165) is 71.9 Å². The van der Waals surface area contributed by atoms with E-state index in [1.165, 1.54) is 16.0 Å². The molecule has 16 heteroatoms. The monoisotopic (exact) mass is 1110 g/mol. The van der Waals surface area contributed by atoms with Crippen molar-refractivity contribution in [2.24, 2.45) is 10.8 Å². The van der Waals surface area contributed by atoms with Crippen molar-refractivity contribution in [1.29, 1.82) is 0 Å². The van der Waals surface area contributed by atoms with Gasteiger partial charge in [0.1, 0.15) is 24.2 Å². The van der Waals surface area contributed by atoms with Crippen LogP contribution in [0.2, 0.25) is 0 Å². The molecule has 2 aliphatic carbocycles. The molecule has 0 spiro atoms. The molecule has 4 aliphatic rings. The second-order valence-corrected chi connectivity index (χ2v) is 25.3. The largest absolute Gasteiger partial charge is 0.347 e. The number of aryl methyl sites for hydroxylation is 4. The predicted molar refractivity (Wildman–Crippen MR) is 315 cm³/mol. The molecule has 4 aromatic rings. The maximum Gasteiger partial charge on any atom is 0.251 e. The number of nitrogens with one attached hydrogen (secondary N) is 7. The molecule has 1 saturated heterocycles. The fourth-order valence-electron chi connectivity index (χ4n) is 12.0. The first-order valence-electron chi connectivity index (χ1n) is 29.3. The Kier molecular flexibility index (Phi) is 19.3. The summed E-state index contributed by atoms with van der Waals surface area (Å²) in [5.74, 6) is -2.07. The van der Waals surface area contributed by atoms with Crippen LogP contribution in [0.4, 0.5) is 0 Å². The summed E-state index contributed by atoms with van der Waals surface area (Å²) < 4.78 is 0. The van der Waals surface area contributed by atoms with Gasteiger partial charge in [-0.3, -0.25) is 33.6 Å². The van der Waals surface area contributed by atoms with E-state index in [4.69, 9.17) is 0 Å². The van der Waals surface area contributed by atoms with Gasteiger partial charge in [0.15, 0.2) is 0 Å². The minimum absolute atomic E-state index is 0.0893. The molecule has 0 radical (unpaired) electrons. The second-order valence-electron chi connectivity index (χ2n) is 25.3. The van der Waals surface area contributed by atoms with Crippen LogP contribution in [0, 0.1) is 10.8 Å². The number of fused-ring (bicyclic) bond motifs is 3. The van der Waals surface area contributed by atoms with Crippen LogP contribution in [0.5, 0.6) is 0 Å². The van der Waals surface area contributed by atoms with Crippen molar-refractivity contribution in [3.05, 3.63) is 141 Å². The molecule has 434 valence electrons. The van der Waals surface area contributed by atoms with Gasteiger partial charge in [-0.1, -0.05) is 120 Å². The SMILES string of the molecule is CNC(C)CC(=O)NC(C(=O)N1Cc2cc(CCc3ccc(C(=O)NC4CC(C(=O)NC5CCCc6ccccc65)N(C(=O)C(NC(=O)C(C)NC)C(C)(C)C)C4)cc3)ccc2CC1C(=O)NC1CCCc2ccccc21)C(C)(C)C. The van der Waals surface area contributed by atoms with Crippen LogP contribution in [-0.4, -0.2) is 114 Å². The highest BCUT2D eigenvalue weighted by atomic mass is 16.2. The summed E-state index contributed by atoms with van der Waals surface area (Å²) in [4.78, 5) is 102. The Morgan fingerprint density at radius 2 is 1.14 bits per heavy atom. The quantitative estimate of drug-likeness (QED) is 0.0581. The lowest BCUT2D eigenvalue weighted by Gasteiger charge is -2.41. The zero-order valence-corrected chi connectivity index (χ0v) is 49.3. The molecule has 8 rings (SSSR count). The minimum atomic E-state index is -0.936. The molecule has 0 saturated carbocycles. The smallest absolute Gasteiger partial charge is 0.251 e. The number of hydrogen-bond acceptors (Lipinski definition) is 9. The zero-order valence-electron chi connectivity index (χ0n) is 49.3. The van der Waals surface area contributed by atoms with Gasteiger partial charge in [0.25, 0.3) is 5.91 Å². The Hall–Kier alpha value is -6.91. The van der Waals surface area contributed by atoms with Crippen LogP contribution in [0.25, 0.3) is 0 Å². The fourth-order valence-corrected chi connectivity index (χ4v) is 12.0. The van der Waals surface area contributed by atoms with Gasteiger partial charge in [0.05, 0.1) is 18.1 Å². The molecule has 9 unspecified atom stereocenters. The Balaban J connectivity index is 0.955. The number of benzene rings is 4. The number of nitrogens with zero attached hydrogens (tertiary/aromatic N) is 2. The normalized spacial score (nSPS) is 21.2. The average molecular weight is 1110 g/mol. The number of likely N-dealkylation sites (tertiary alicyclic amines) is 1. The standard InChI is InChI=1S/C65H87N9O7/c1-39(66-9)33-55(75)71-56(64(3,4)5)62(80)73-37-47-34-42(29-32-46(47)35-53(73)60(78)69-51-23-15-19-43-17-11-13-21-49(43)51)26-25-41-27-30-45(31-28-41)59(77)68-48-36-54(61(79)70-52-24-16-20-44-18-12-14-22-50(44)52)74(38-48)63(81)57(65(6,7)8)72-58(76)40(2)67-10/h11-14,17-18,21-22,27-32,34,39-40,48,51-54,56-57,66-67H,15-16,19-20,23-26,33,35-38H2,1-10H3,(H,68,77)(H,69,78)(H,70,79)(H,71,75)(H,72,76). The van der Waals surface area contributed by atoms with Crippen molar-refractivity contribution in [3.8, 4) is 0 Å². The molecule has 9 atom stereocenters. The lowest BCUT2D eigenvalue weighted by molar-refractivity contribution is -0.147. The van der Waals surface area contributed by atoms with Crippen molar-refractivity contribution in [2.75, 3.05) is 20.6 Å². The van der Waals surface area contributed by atoms with E-state index in [1.54, 1.807) is 38.1 Å². The molecule has 7 N–H and O–H groups in total. The van der Waals surface area contributed by atoms with Crippen LogP contribution < -0.4 is 37.2 Å². The average Bonchev–Trinajstić information content (AvgIpc) is 4.08. The summed E-state index contributed by atoms with van der Waals surface area (Å²) in [5, 5.41) is 21.8. The Bertz CT molecular complexity index is 2950. The molecule has 7 amide bonds. The van der Waals surface area contributed by atoms with Crippen LogP contribution >= 0.6 is 0 Å². The molecule has 4 aromatic carbocycles. The second kappa shape index (κ2) is 25.9. The van der Waals surface area contributed by atoms with Crippen molar-refractivity contribution in [2.45, 2.75) is 187 Å². The molecule has 1 fully saturated rings. The Morgan fingerprint density at radius 3 is 1.72 bits per heavy atom. The predicted octanol–water partition coefficient (Wildman–Crippen LogP) is 6.48. The van der Waals surface area contributed by atoms with Crippen LogP contribution in [0.1, 0.15) is 161 Å². The zero-order chi connectivity index (χ0) is 58.3. The van der Waals surface area contributed by atoms with E-state index >= 15 is 0 Å². The van der Waals surface area contributed by atoms with Gasteiger partial charge in [0, 0.05) is 43.6 Å². The summed E-state index contributed by atoms with van der Waals surface area (Å²) in [5.41, 5.74) is 7.74. The van der Waals surface area contributed by atoms with Crippen molar-refractivity contribution < 1.29 is 33.6 Å². The van der Waals surface area contributed by atoms with Crippen LogP contribution in [0.15, 0.2) is 91.0 Å². The molecule has 16 nitrogen and oxygen atoms in total. The Labute approximate surface area is 479 Å². The highest BCUT2D eigenvalue weighted by Gasteiger charge is 2.47. The molecule has 2 heterocycles. The van der Waals surface area contributed by atoms with Crippen molar-refractivity contribution in [1.82, 2.24) is 47.0 Å². The molecule has 0 bridgehead atoms. The number of carbonyl (C=O) groups is 7. The molecular formula is C65H87N9O7. The highest BCUT2D eigenvalue weighted by Crippen LogP contribution is 2.35. The number of carbonyl (C=O) groups excluding carboxylic acids is 7. The van der Waals surface area contributed by atoms with E-state index in [-0.39, 0.29) is 85.4 Å². The number of rotatable bonds is 18. The van der Waals surface area contributed by atoms with Gasteiger partial charge in [-0.25, -0.2) is 0 Å². The highest BCUT2D eigenvalue weighted by molar-refractivity contribution is 5.97. The third-order valence-corrected chi connectivity index (χ3v) is 17.1. The van der Waals surface area contributed by atoms with Gasteiger partial charge in [-0.2, -0.15) is 0 Å². The van der Waals surface area contributed by atoms with Gasteiger partial charge >= 0.3 is 0 Å². The van der Waals surface area contributed by atoms with Crippen molar-refractivity contribution in [3.63, 3.8) is 0 Å². The third-order valence-electron chi connectivity index (χ3n) is 17.1. The van der Waals surface area contributed by atoms with Gasteiger partial charge in [-0.15, -0.1) is 0 Å². The summed E-state index contributed by atoms with van der Waals surface area (Å²) in [6.45, 7) is 15.4. The van der Waals surface area contributed by atoms with Gasteiger partial charge in [0.2, 0.25) is 35.4 Å². The summed E-state index contributed by atoms with van der Waals surface area (Å²) >= 11 is 0. The summed E-state index contributed by atoms with van der Waals surface area (Å²) in [6, 6.07) is 25.0. The molecule has 2 aliphatic heterocycles. The first-order valence-corrected chi connectivity index (χ1v) is 29.3. The lowest BCUT2D eigenvalue weighted by Crippen LogP contribution is -2.61. The fraction of sp³-hybridized carbons (Fsp3) is 0.523. The van der Waals surface area contributed by atoms with Crippen molar-refractivity contribution >= 4 is 41.4 Å². The van der Waals surface area contributed by atoms with Crippen LogP contribution in [-0.2, 0) is 67.4 Å².